The van der Waals surface area contributed by atoms with Crippen molar-refractivity contribution >= 4 is 23.5 Å². The van der Waals surface area contributed by atoms with Gasteiger partial charge in [-0.1, -0.05) is 84.4 Å². The lowest BCUT2D eigenvalue weighted by atomic mass is 10.1. The third-order valence-corrected chi connectivity index (χ3v) is 7.44. The summed E-state index contributed by atoms with van der Waals surface area (Å²) in [5.41, 5.74) is 1.25. The van der Waals surface area contributed by atoms with Crippen LogP contribution in [-0.2, 0) is 33.4 Å². The first kappa shape index (κ1) is 33.6. The molecule has 0 heterocycles. The van der Waals surface area contributed by atoms with Crippen molar-refractivity contribution in [1.29, 1.82) is 0 Å². The number of hydrogen-bond donors (Lipinski definition) is 0. The molecule has 0 fully saturated rings. The van der Waals surface area contributed by atoms with Crippen molar-refractivity contribution in [2.75, 3.05) is 26.8 Å². The molecular weight excluding hydrogens is 607 g/mol. The molecule has 0 bridgehead atoms. The summed E-state index contributed by atoms with van der Waals surface area (Å²) < 4.78 is 57.5. The van der Waals surface area contributed by atoms with E-state index in [0.717, 1.165) is 17.2 Å². The molecule has 4 rings (SSSR count). The van der Waals surface area contributed by atoms with Crippen LogP contribution in [-0.4, -0.2) is 43.6 Å². The van der Waals surface area contributed by atoms with Crippen LogP contribution in [0.1, 0.15) is 45.1 Å². The van der Waals surface area contributed by atoms with Crippen LogP contribution in [0, 0.1) is 0 Å². The zero-order valence-electron chi connectivity index (χ0n) is 24.6. The second-order valence-electron chi connectivity index (χ2n) is 10.3. The van der Waals surface area contributed by atoms with E-state index < -0.39 is 23.8 Å². The number of benzene rings is 4. The van der Waals surface area contributed by atoms with E-state index in [2.05, 4.69) is 0 Å². The number of hydrogen-bond acceptors (Lipinski definition) is 6. The molecule has 4 aromatic carbocycles. The van der Waals surface area contributed by atoms with Crippen LogP contribution in [0.4, 0.5) is 13.2 Å². The SMILES string of the molecule is COC(=O)Cc1cccc(OCCCN(Cc2cccc(C(F)(F)F)c2Cl)C[C@H](OC(=O)c2ccccc2)c2ccccc2)c1. The smallest absolute Gasteiger partial charge is 0.417 e. The molecule has 0 aromatic heterocycles. The van der Waals surface area contributed by atoms with Gasteiger partial charge in [0, 0.05) is 19.6 Å². The summed E-state index contributed by atoms with van der Waals surface area (Å²) in [5, 5.41) is -0.369. The summed E-state index contributed by atoms with van der Waals surface area (Å²) in [4.78, 5) is 26.6. The fourth-order valence-corrected chi connectivity index (χ4v) is 5.04. The van der Waals surface area contributed by atoms with Gasteiger partial charge in [0.1, 0.15) is 11.9 Å². The molecule has 236 valence electrons. The van der Waals surface area contributed by atoms with Crippen LogP contribution >= 0.6 is 11.6 Å². The lowest BCUT2D eigenvalue weighted by molar-refractivity contribution is -0.140. The van der Waals surface area contributed by atoms with Gasteiger partial charge in [0.15, 0.2) is 0 Å². The van der Waals surface area contributed by atoms with Crippen molar-refractivity contribution in [3.8, 4) is 5.75 Å². The van der Waals surface area contributed by atoms with Gasteiger partial charge in [-0.15, -0.1) is 0 Å². The van der Waals surface area contributed by atoms with Crippen molar-refractivity contribution in [2.45, 2.75) is 31.7 Å². The summed E-state index contributed by atoms with van der Waals surface area (Å²) in [6.07, 6.45) is -4.72. The van der Waals surface area contributed by atoms with E-state index in [0.29, 0.717) is 29.8 Å². The maximum atomic E-state index is 13.6. The predicted octanol–water partition coefficient (Wildman–Crippen LogP) is 7.94. The maximum Gasteiger partial charge on any atom is 0.417 e. The zero-order chi connectivity index (χ0) is 32.2. The number of rotatable bonds is 14. The van der Waals surface area contributed by atoms with Crippen LogP contribution < -0.4 is 4.74 Å². The molecule has 0 saturated carbocycles. The normalized spacial score (nSPS) is 12.0. The Morgan fingerprint density at radius 3 is 2.27 bits per heavy atom. The maximum absolute atomic E-state index is 13.6. The molecule has 1 atom stereocenters. The van der Waals surface area contributed by atoms with Crippen LogP contribution in [0.5, 0.6) is 5.75 Å². The molecule has 4 aromatic rings. The van der Waals surface area contributed by atoms with Crippen LogP contribution in [0.15, 0.2) is 103 Å². The average Bonchev–Trinajstić information content (AvgIpc) is 3.04. The summed E-state index contributed by atoms with van der Waals surface area (Å²) in [6, 6.07) is 28.7. The fraction of sp³-hybridized carbons (Fsp3) is 0.257. The monoisotopic (exact) mass is 639 g/mol. The van der Waals surface area contributed by atoms with Gasteiger partial charge in [-0.3, -0.25) is 9.69 Å². The first-order valence-corrected chi connectivity index (χ1v) is 14.7. The summed E-state index contributed by atoms with van der Waals surface area (Å²) in [6.45, 7) is 0.933. The molecule has 0 unspecified atom stereocenters. The van der Waals surface area contributed by atoms with E-state index in [-0.39, 0.29) is 37.1 Å². The van der Waals surface area contributed by atoms with Crippen molar-refractivity contribution in [1.82, 2.24) is 4.90 Å². The largest absolute Gasteiger partial charge is 0.494 e. The molecule has 0 aliphatic rings. The van der Waals surface area contributed by atoms with Crippen molar-refractivity contribution < 1.29 is 37.0 Å². The molecule has 0 spiro atoms. The van der Waals surface area contributed by atoms with Crippen LogP contribution in [0.25, 0.3) is 0 Å². The molecule has 0 N–H and O–H groups in total. The molecule has 0 amide bonds. The number of carbonyl (C=O) groups is 2. The Balaban J connectivity index is 1.53. The predicted molar refractivity (Wildman–Crippen MR) is 165 cm³/mol. The highest BCUT2D eigenvalue weighted by Gasteiger charge is 2.34. The lowest BCUT2D eigenvalue weighted by Gasteiger charge is -2.28. The third kappa shape index (κ3) is 10.1. The Labute approximate surface area is 265 Å². The number of alkyl halides is 3. The standard InChI is InChI=1S/C35H33ClF3NO5/c1-43-32(41)22-25-11-8-17-29(21-25)44-20-10-19-40(23-28-16-9-18-30(33(28)36)35(37,38)39)24-31(26-12-4-2-5-13-26)45-34(42)27-14-6-3-7-15-27/h2-9,11-18,21,31H,10,19-20,22-24H2,1H3/t31-/m0/s1. The lowest BCUT2D eigenvalue weighted by Crippen LogP contribution is -2.32. The number of esters is 2. The van der Waals surface area contributed by atoms with E-state index in [9.17, 15) is 22.8 Å². The molecule has 10 heteroatoms. The molecule has 6 nitrogen and oxygen atoms in total. The number of nitrogens with zero attached hydrogens (tertiary/aromatic N) is 1. The Morgan fingerprint density at radius 2 is 1.58 bits per heavy atom. The second kappa shape index (κ2) is 16.1. The Kier molecular flexibility index (Phi) is 12.0. The first-order chi connectivity index (χ1) is 21.6. The number of ether oxygens (including phenoxy) is 3. The van der Waals surface area contributed by atoms with Crippen LogP contribution in [0.3, 0.4) is 0 Å². The van der Waals surface area contributed by atoms with Gasteiger partial charge in [0.25, 0.3) is 0 Å². The molecule has 0 aliphatic carbocycles. The van der Waals surface area contributed by atoms with Gasteiger partial charge in [-0.05, 0) is 53.4 Å². The van der Waals surface area contributed by atoms with Crippen molar-refractivity contribution in [2.24, 2.45) is 0 Å². The molecule has 0 radical (unpaired) electrons. The van der Waals surface area contributed by atoms with E-state index in [1.54, 1.807) is 60.7 Å². The Bertz CT molecular complexity index is 1550. The quantitative estimate of drug-likeness (QED) is 0.103. The Hall–Kier alpha value is -4.34. The van der Waals surface area contributed by atoms with Gasteiger partial charge in [-0.25, -0.2) is 4.79 Å². The minimum absolute atomic E-state index is 0.0730. The minimum Gasteiger partial charge on any atom is -0.494 e. The number of methoxy groups -OCH3 is 1. The molecule has 0 saturated heterocycles. The topological polar surface area (TPSA) is 65.1 Å². The average molecular weight is 640 g/mol. The van der Waals surface area contributed by atoms with Crippen LogP contribution in [0.2, 0.25) is 5.02 Å². The Morgan fingerprint density at radius 1 is 0.889 bits per heavy atom. The van der Waals surface area contributed by atoms with E-state index >= 15 is 0 Å². The highest BCUT2D eigenvalue weighted by molar-refractivity contribution is 6.32. The summed E-state index contributed by atoms with van der Waals surface area (Å²) in [7, 11) is 1.33. The number of halogens is 4. The fourth-order valence-electron chi connectivity index (χ4n) is 4.74. The van der Waals surface area contributed by atoms with Gasteiger partial charge < -0.3 is 14.2 Å². The van der Waals surface area contributed by atoms with Gasteiger partial charge in [0.05, 0.1) is 36.3 Å². The third-order valence-electron chi connectivity index (χ3n) is 6.99. The highest BCUT2D eigenvalue weighted by atomic mass is 35.5. The first-order valence-electron chi connectivity index (χ1n) is 14.3. The van der Waals surface area contributed by atoms with Crippen molar-refractivity contribution in [3.63, 3.8) is 0 Å². The van der Waals surface area contributed by atoms with Gasteiger partial charge >= 0.3 is 18.1 Å². The zero-order valence-corrected chi connectivity index (χ0v) is 25.4. The minimum atomic E-state index is -4.61. The van der Waals surface area contributed by atoms with Gasteiger partial charge in [-0.2, -0.15) is 13.2 Å². The summed E-state index contributed by atoms with van der Waals surface area (Å²) >= 11 is 6.27. The summed E-state index contributed by atoms with van der Waals surface area (Å²) in [5.74, 6) is -0.309. The molecular formula is C35H33ClF3NO5. The second-order valence-corrected chi connectivity index (χ2v) is 10.7. The molecule has 45 heavy (non-hydrogen) atoms. The van der Waals surface area contributed by atoms with E-state index in [1.807, 2.05) is 35.2 Å². The van der Waals surface area contributed by atoms with Crippen molar-refractivity contribution in [3.05, 3.63) is 136 Å². The van der Waals surface area contributed by atoms with Gasteiger partial charge in [0.2, 0.25) is 0 Å². The number of carbonyl (C=O) groups excluding carboxylic acids is 2. The molecule has 0 aliphatic heterocycles. The van der Waals surface area contributed by atoms with E-state index in [1.165, 1.54) is 13.2 Å². The van der Waals surface area contributed by atoms with E-state index in [4.69, 9.17) is 25.8 Å². The highest BCUT2D eigenvalue weighted by Crippen LogP contribution is 2.37.